The summed E-state index contributed by atoms with van der Waals surface area (Å²) in [6, 6.07) is 10.9. The normalized spacial score (nSPS) is 10.6. The Bertz CT molecular complexity index is 806. The second-order valence-electron chi connectivity index (χ2n) is 5.12. The number of nitrogens with one attached hydrogen (secondary N) is 1. The molecule has 0 saturated heterocycles. The largest absolute Gasteiger partial charge is 0.494 e. The highest BCUT2D eigenvalue weighted by atomic mass is 35.5. The fourth-order valence-corrected chi connectivity index (χ4v) is 2.14. The van der Waals surface area contributed by atoms with Gasteiger partial charge in [0, 0.05) is 11.8 Å². The van der Waals surface area contributed by atoms with E-state index in [4.69, 9.17) is 21.1 Å². The van der Waals surface area contributed by atoms with E-state index in [1.54, 1.807) is 30.3 Å². The molecule has 0 spiro atoms. The van der Waals surface area contributed by atoms with Gasteiger partial charge < -0.3 is 14.8 Å². The van der Waals surface area contributed by atoms with Crippen molar-refractivity contribution in [1.29, 1.82) is 0 Å². The summed E-state index contributed by atoms with van der Waals surface area (Å²) in [5, 5.41) is 2.34. The Kier molecular flexibility index (Phi) is 7.17. The highest BCUT2D eigenvalue weighted by molar-refractivity contribution is 6.31. The maximum atomic E-state index is 13.0. The first kappa shape index (κ1) is 19.5. The Morgan fingerprint density at radius 1 is 1.19 bits per heavy atom. The van der Waals surface area contributed by atoms with Gasteiger partial charge >= 0.3 is 5.97 Å². The van der Waals surface area contributed by atoms with E-state index in [0.29, 0.717) is 12.3 Å². The summed E-state index contributed by atoms with van der Waals surface area (Å²) >= 11 is 5.62. The molecule has 0 aromatic heterocycles. The van der Waals surface area contributed by atoms with Crippen LogP contribution in [0.25, 0.3) is 6.08 Å². The van der Waals surface area contributed by atoms with Gasteiger partial charge in [0.25, 0.3) is 5.91 Å². The van der Waals surface area contributed by atoms with Gasteiger partial charge in [0.05, 0.1) is 11.6 Å². The lowest BCUT2D eigenvalue weighted by molar-refractivity contribution is -0.142. The minimum atomic E-state index is -0.661. The first-order valence-electron chi connectivity index (χ1n) is 7.80. The van der Waals surface area contributed by atoms with E-state index < -0.39 is 24.3 Å². The average molecular weight is 378 g/mol. The van der Waals surface area contributed by atoms with E-state index in [1.165, 1.54) is 18.2 Å². The van der Waals surface area contributed by atoms with E-state index in [1.807, 2.05) is 6.92 Å². The van der Waals surface area contributed by atoms with Crippen LogP contribution in [0.4, 0.5) is 10.1 Å². The molecular formula is C19H17ClFNO4. The summed E-state index contributed by atoms with van der Waals surface area (Å²) in [5.41, 5.74) is 1.10. The van der Waals surface area contributed by atoms with Gasteiger partial charge in [-0.3, -0.25) is 4.79 Å². The van der Waals surface area contributed by atoms with E-state index in [-0.39, 0.29) is 5.02 Å². The number of halogens is 2. The molecule has 1 N–H and O–H groups in total. The molecule has 5 nitrogen and oxygen atoms in total. The standard InChI is InChI=1S/C19H17ClFNO4/c1-2-25-15-7-3-13(4-8-15)5-10-19(24)26-12-18(23)22-14-6-9-17(21)16(20)11-14/h3-11H,2,12H2,1H3,(H,22,23)/b10-5+. The molecule has 136 valence electrons. The molecule has 0 bridgehead atoms. The smallest absolute Gasteiger partial charge is 0.331 e. The zero-order valence-electron chi connectivity index (χ0n) is 14.0. The number of anilines is 1. The van der Waals surface area contributed by atoms with E-state index >= 15 is 0 Å². The predicted molar refractivity (Wildman–Crippen MR) is 97.6 cm³/mol. The second kappa shape index (κ2) is 9.58. The number of amides is 1. The number of hydrogen-bond donors (Lipinski definition) is 1. The molecule has 0 unspecified atom stereocenters. The molecule has 1 amide bonds. The van der Waals surface area contributed by atoms with Gasteiger partial charge in [0.15, 0.2) is 6.61 Å². The number of ether oxygens (including phenoxy) is 2. The molecule has 0 saturated carbocycles. The van der Waals surface area contributed by atoms with E-state index in [0.717, 1.165) is 17.4 Å². The third-order valence-corrected chi connectivity index (χ3v) is 3.44. The van der Waals surface area contributed by atoms with Crippen LogP contribution < -0.4 is 10.1 Å². The Labute approximate surface area is 155 Å². The minimum absolute atomic E-state index is 0.113. The Morgan fingerprint density at radius 3 is 2.58 bits per heavy atom. The van der Waals surface area contributed by atoms with Crippen molar-refractivity contribution < 1.29 is 23.5 Å². The number of carbonyl (C=O) groups excluding carboxylic acids is 2. The monoisotopic (exact) mass is 377 g/mol. The van der Waals surface area contributed by atoms with E-state index in [9.17, 15) is 14.0 Å². The Hall–Kier alpha value is -2.86. The van der Waals surface area contributed by atoms with Crippen molar-refractivity contribution in [2.45, 2.75) is 6.92 Å². The lowest BCUT2D eigenvalue weighted by Crippen LogP contribution is -2.20. The first-order chi connectivity index (χ1) is 12.5. The molecule has 7 heteroatoms. The molecule has 0 fully saturated rings. The molecule has 0 radical (unpaired) electrons. The molecule has 0 atom stereocenters. The van der Waals surface area contributed by atoms with Crippen LogP contribution in [0.3, 0.4) is 0 Å². The van der Waals surface area contributed by atoms with Crippen LogP contribution >= 0.6 is 11.6 Å². The third kappa shape index (κ3) is 6.22. The topological polar surface area (TPSA) is 64.6 Å². The predicted octanol–water partition coefficient (Wildman–Crippen LogP) is 4.07. The first-order valence-corrected chi connectivity index (χ1v) is 8.18. The van der Waals surface area contributed by atoms with Crippen molar-refractivity contribution in [3.63, 3.8) is 0 Å². The van der Waals surface area contributed by atoms with Gasteiger partial charge in [-0.05, 0) is 48.9 Å². The summed E-state index contributed by atoms with van der Waals surface area (Å²) in [7, 11) is 0. The molecule has 2 rings (SSSR count). The van der Waals surface area contributed by atoms with Crippen molar-refractivity contribution in [3.05, 3.63) is 64.9 Å². The fraction of sp³-hybridized carbons (Fsp3) is 0.158. The molecule has 0 aliphatic carbocycles. The highest BCUT2D eigenvalue weighted by Gasteiger charge is 2.07. The third-order valence-electron chi connectivity index (χ3n) is 3.15. The Morgan fingerprint density at radius 2 is 1.92 bits per heavy atom. The quantitative estimate of drug-likeness (QED) is 0.583. The van der Waals surface area contributed by atoms with Crippen LogP contribution in [0.5, 0.6) is 5.75 Å². The SMILES string of the molecule is CCOc1ccc(/C=C/C(=O)OCC(=O)Nc2ccc(F)c(Cl)c2)cc1. The molecule has 2 aromatic carbocycles. The highest BCUT2D eigenvalue weighted by Crippen LogP contribution is 2.19. The maximum absolute atomic E-state index is 13.0. The number of carbonyl (C=O) groups is 2. The number of esters is 1. The summed E-state index contributed by atoms with van der Waals surface area (Å²) in [6.45, 7) is 2.00. The van der Waals surface area contributed by atoms with Gasteiger partial charge in [-0.1, -0.05) is 23.7 Å². The van der Waals surface area contributed by atoms with Gasteiger partial charge in [-0.15, -0.1) is 0 Å². The van der Waals surface area contributed by atoms with Crippen molar-refractivity contribution in [3.8, 4) is 5.75 Å². The zero-order valence-corrected chi connectivity index (χ0v) is 14.8. The van der Waals surface area contributed by atoms with Crippen LogP contribution in [0.1, 0.15) is 12.5 Å². The van der Waals surface area contributed by atoms with Crippen LogP contribution in [0.2, 0.25) is 5.02 Å². The van der Waals surface area contributed by atoms with E-state index in [2.05, 4.69) is 5.32 Å². The molecule has 2 aromatic rings. The molecule has 0 aliphatic heterocycles. The summed E-state index contributed by atoms with van der Waals surface area (Å²) in [5.74, 6) is -1.07. The van der Waals surface area contributed by atoms with Crippen LogP contribution in [0.15, 0.2) is 48.5 Å². The average Bonchev–Trinajstić information content (AvgIpc) is 2.63. The lowest BCUT2D eigenvalue weighted by atomic mass is 10.2. The van der Waals surface area contributed by atoms with Crippen LogP contribution in [-0.4, -0.2) is 25.1 Å². The fourth-order valence-electron chi connectivity index (χ4n) is 1.96. The molecule has 0 heterocycles. The van der Waals surface area contributed by atoms with Crippen molar-refractivity contribution in [1.82, 2.24) is 0 Å². The van der Waals surface area contributed by atoms with Crippen molar-refractivity contribution in [2.24, 2.45) is 0 Å². The summed E-state index contributed by atoms with van der Waals surface area (Å²) < 4.78 is 23.2. The van der Waals surface area contributed by atoms with Gasteiger partial charge in [-0.25, -0.2) is 9.18 Å². The van der Waals surface area contributed by atoms with Gasteiger partial charge in [-0.2, -0.15) is 0 Å². The van der Waals surface area contributed by atoms with Crippen LogP contribution in [0, 0.1) is 5.82 Å². The summed E-state index contributed by atoms with van der Waals surface area (Å²) in [6.07, 6.45) is 2.79. The molecular weight excluding hydrogens is 361 g/mol. The van der Waals surface area contributed by atoms with Crippen LogP contribution in [-0.2, 0) is 14.3 Å². The Balaban J connectivity index is 1.80. The number of rotatable bonds is 7. The number of hydrogen-bond acceptors (Lipinski definition) is 4. The molecule has 26 heavy (non-hydrogen) atoms. The summed E-state index contributed by atoms with van der Waals surface area (Å²) in [4.78, 5) is 23.4. The van der Waals surface area contributed by atoms with Gasteiger partial charge in [0.2, 0.25) is 0 Å². The van der Waals surface area contributed by atoms with Gasteiger partial charge in [0.1, 0.15) is 11.6 Å². The van der Waals surface area contributed by atoms with Crippen molar-refractivity contribution in [2.75, 3.05) is 18.5 Å². The lowest BCUT2D eigenvalue weighted by Gasteiger charge is -2.06. The maximum Gasteiger partial charge on any atom is 0.331 e. The number of benzene rings is 2. The minimum Gasteiger partial charge on any atom is -0.494 e. The molecule has 0 aliphatic rings. The van der Waals surface area contributed by atoms with Crippen molar-refractivity contribution >= 4 is 35.2 Å². The zero-order chi connectivity index (χ0) is 18.9. The second-order valence-corrected chi connectivity index (χ2v) is 5.53.